The molecular formula is C24H23F3N2O4S. The van der Waals surface area contributed by atoms with Crippen LogP contribution in [-0.4, -0.2) is 40.1 Å². The van der Waals surface area contributed by atoms with E-state index in [1.807, 2.05) is 19.1 Å². The molecule has 34 heavy (non-hydrogen) atoms. The first-order valence-electron chi connectivity index (χ1n) is 10.6. The monoisotopic (exact) mass is 492 g/mol. The van der Waals surface area contributed by atoms with E-state index in [1.54, 1.807) is 18.2 Å². The molecule has 0 aliphatic carbocycles. The van der Waals surface area contributed by atoms with Crippen LogP contribution < -0.4 is 10.2 Å². The third-order valence-corrected chi connectivity index (χ3v) is 7.09. The van der Waals surface area contributed by atoms with Gasteiger partial charge in [0.2, 0.25) is 0 Å². The second-order valence-corrected chi connectivity index (χ2v) is 9.31. The minimum Gasteiger partial charge on any atom is -0.492 e. The molecule has 2 aromatic rings. The van der Waals surface area contributed by atoms with Gasteiger partial charge in [-0.2, -0.15) is 13.2 Å². The number of aliphatic carboxylic acids is 1. The van der Waals surface area contributed by atoms with Crippen LogP contribution in [0, 0.1) is 0 Å². The summed E-state index contributed by atoms with van der Waals surface area (Å²) >= 11 is 1.48. The second kappa shape index (κ2) is 10.1. The molecule has 2 heterocycles. The van der Waals surface area contributed by atoms with Crippen molar-refractivity contribution in [3.8, 4) is 5.75 Å². The van der Waals surface area contributed by atoms with Gasteiger partial charge in [0.15, 0.2) is 0 Å². The van der Waals surface area contributed by atoms with Crippen molar-refractivity contribution < 1.29 is 32.6 Å². The number of hydroxylamine groups is 1. The van der Waals surface area contributed by atoms with Gasteiger partial charge in [-0.15, -0.1) is 5.48 Å². The van der Waals surface area contributed by atoms with Crippen LogP contribution in [0.3, 0.4) is 0 Å². The number of carboxylic acid groups (broad SMARTS) is 1. The first-order chi connectivity index (χ1) is 16.2. The van der Waals surface area contributed by atoms with Gasteiger partial charge < -0.3 is 14.7 Å². The van der Waals surface area contributed by atoms with Crippen LogP contribution >= 0.6 is 11.8 Å². The van der Waals surface area contributed by atoms with Gasteiger partial charge in [-0.25, -0.2) is 0 Å². The average Bonchev–Trinajstić information content (AvgIpc) is 3.46. The third-order valence-electron chi connectivity index (χ3n) is 5.69. The average molecular weight is 493 g/mol. The number of hydrogen-bond acceptors (Lipinski definition) is 6. The summed E-state index contributed by atoms with van der Waals surface area (Å²) < 4.78 is 44.3. The number of aliphatic imine (C=N–C) groups is 1. The van der Waals surface area contributed by atoms with Crippen LogP contribution in [-0.2, 0) is 15.8 Å². The first kappa shape index (κ1) is 24.2. The number of ether oxygens (including phenoxy) is 1. The minimum absolute atomic E-state index is 0.0155. The molecule has 4 atom stereocenters. The quantitative estimate of drug-likeness (QED) is 0.539. The number of alkyl halides is 3. The van der Waals surface area contributed by atoms with Crippen LogP contribution in [0.4, 0.5) is 13.2 Å². The minimum atomic E-state index is -4.37. The Morgan fingerprint density at radius 3 is 2.50 bits per heavy atom. The summed E-state index contributed by atoms with van der Waals surface area (Å²) in [6, 6.07) is 12.0. The van der Waals surface area contributed by atoms with E-state index in [2.05, 4.69) is 10.5 Å². The Hall–Kier alpha value is -2.98. The molecular weight excluding hydrogens is 469 g/mol. The van der Waals surface area contributed by atoms with Crippen molar-refractivity contribution in [1.29, 1.82) is 0 Å². The molecule has 0 fully saturated rings. The summed E-state index contributed by atoms with van der Waals surface area (Å²) in [7, 11) is 0. The fraction of sp³-hybridized carbons (Fsp3) is 0.333. The highest BCUT2D eigenvalue weighted by Crippen LogP contribution is 2.34. The zero-order valence-electron chi connectivity index (χ0n) is 18.2. The topological polar surface area (TPSA) is 80.2 Å². The van der Waals surface area contributed by atoms with Crippen molar-refractivity contribution in [1.82, 2.24) is 5.48 Å². The van der Waals surface area contributed by atoms with Crippen LogP contribution in [0.25, 0.3) is 0 Å². The number of benzene rings is 2. The van der Waals surface area contributed by atoms with Gasteiger partial charge in [-0.3, -0.25) is 9.79 Å². The smallest absolute Gasteiger partial charge is 0.416 e. The Morgan fingerprint density at radius 1 is 1.21 bits per heavy atom. The number of rotatable bonds is 8. The molecule has 2 aromatic carbocycles. The molecule has 0 amide bonds. The number of nitrogens with one attached hydrogen (secondary N) is 1. The lowest BCUT2D eigenvalue weighted by Gasteiger charge is -2.21. The maximum absolute atomic E-state index is 12.8. The van der Waals surface area contributed by atoms with Gasteiger partial charge in [0.1, 0.15) is 18.6 Å². The molecule has 180 valence electrons. The lowest BCUT2D eigenvalue weighted by molar-refractivity contribution is -0.138. The molecule has 2 aliphatic rings. The Morgan fingerprint density at radius 2 is 1.91 bits per heavy atom. The number of thioether (sulfide) groups is 1. The largest absolute Gasteiger partial charge is 0.492 e. The van der Waals surface area contributed by atoms with Gasteiger partial charge >= 0.3 is 12.1 Å². The van der Waals surface area contributed by atoms with Crippen molar-refractivity contribution in [3.05, 3.63) is 77.6 Å². The molecule has 4 rings (SSSR count). The van der Waals surface area contributed by atoms with E-state index in [0.29, 0.717) is 23.0 Å². The Labute approximate surface area is 198 Å². The summed E-state index contributed by atoms with van der Waals surface area (Å²) in [6.07, 6.45) is -1.14. The highest BCUT2D eigenvalue weighted by atomic mass is 32.2. The number of halogens is 3. The van der Waals surface area contributed by atoms with Crippen molar-refractivity contribution >= 4 is 22.8 Å². The number of carbonyl (C=O) groups is 1. The summed E-state index contributed by atoms with van der Waals surface area (Å²) in [5.74, 6) is -0.557. The van der Waals surface area contributed by atoms with E-state index in [-0.39, 0.29) is 29.7 Å². The summed E-state index contributed by atoms with van der Waals surface area (Å²) in [6.45, 7) is 2.32. The molecule has 10 heteroatoms. The van der Waals surface area contributed by atoms with Crippen LogP contribution in [0.1, 0.15) is 36.0 Å². The number of hydrogen-bond donors (Lipinski definition) is 2. The van der Waals surface area contributed by atoms with Gasteiger partial charge in [-0.05, 0) is 42.8 Å². The molecule has 0 aromatic heterocycles. The SMILES string of the molecule is CC1N=C(c2ccc(C(F)(F)F)cc2)SC1COc1ccc([C@@H](CC(=O)O)C2C=CON2)cc1. The standard InChI is InChI=1S/C24H23F3N2O4S/c1-14-21(34-23(28-14)16-2-6-17(7-3-16)24(25,26)27)13-32-18-8-4-15(5-9-18)19(12-22(30)31)20-10-11-33-29-20/h2-11,14,19-21,29H,12-13H2,1H3,(H,30,31)/t14?,19-,20?,21?/m1/s1. The predicted octanol–water partition coefficient (Wildman–Crippen LogP) is 5.01. The Kier molecular flexibility index (Phi) is 7.18. The normalized spacial score (nSPS) is 22.8. The molecule has 2 aliphatic heterocycles. The third kappa shape index (κ3) is 5.74. The van der Waals surface area contributed by atoms with Crippen LogP contribution in [0.2, 0.25) is 0 Å². The first-order valence-corrected chi connectivity index (χ1v) is 11.5. The molecule has 0 bridgehead atoms. The van der Waals surface area contributed by atoms with Gasteiger partial charge in [0.25, 0.3) is 0 Å². The zero-order chi connectivity index (χ0) is 24.3. The fourth-order valence-corrected chi connectivity index (χ4v) is 4.97. The van der Waals surface area contributed by atoms with E-state index in [0.717, 1.165) is 17.7 Å². The van der Waals surface area contributed by atoms with Gasteiger partial charge in [-0.1, -0.05) is 36.0 Å². The lowest BCUT2D eigenvalue weighted by Crippen LogP contribution is -2.30. The van der Waals surface area contributed by atoms with E-state index >= 15 is 0 Å². The molecule has 0 radical (unpaired) electrons. The predicted molar refractivity (Wildman–Crippen MR) is 123 cm³/mol. The summed E-state index contributed by atoms with van der Waals surface area (Å²) in [4.78, 5) is 20.9. The van der Waals surface area contributed by atoms with Crippen LogP contribution in [0.5, 0.6) is 5.75 Å². The Bertz CT molecular complexity index is 1070. The zero-order valence-corrected chi connectivity index (χ0v) is 19.0. The summed E-state index contributed by atoms with van der Waals surface area (Å²) in [5, 5.41) is 9.97. The van der Waals surface area contributed by atoms with Crippen LogP contribution in [0.15, 0.2) is 65.9 Å². The molecule has 0 saturated heterocycles. The van der Waals surface area contributed by atoms with E-state index < -0.39 is 17.7 Å². The second-order valence-electron chi connectivity index (χ2n) is 8.08. The maximum Gasteiger partial charge on any atom is 0.416 e. The molecule has 0 spiro atoms. The Balaban J connectivity index is 1.35. The van der Waals surface area contributed by atoms with E-state index in [9.17, 15) is 23.1 Å². The maximum atomic E-state index is 12.8. The van der Waals surface area contributed by atoms with Crippen molar-refractivity contribution in [2.75, 3.05) is 6.61 Å². The summed E-state index contributed by atoms with van der Waals surface area (Å²) in [5.41, 5.74) is 3.61. The molecule has 0 saturated carbocycles. The highest BCUT2D eigenvalue weighted by molar-refractivity contribution is 8.15. The number of nitrogens with zero attached hydrogens (tertiary/aromatic N) is 1. The lowest BCUT2D eigenvalue weighted by atomic mass is 9.89. The van der Waals surface area contributed by atoms with E-state index in [4.69, 9.17) is 9.57 Å². The van der Waals surface area contributed by atoms with Crippen molar-refractivity contribution in [2.24, 2.45) is 4.99 Å². The molecule has 3 unspecified atom stereocenters. The van der Waals surface area contributed by atoms with Crippen molar-refractivity contribution in [3.63, 3.8) is 0 Å². The van der Waals surface area contributed by atoms with E-state index in [1.165, 1.54) is 30.2 Å². The fourth-order valence-electron chi connectivity index (χ4n) is 3.79. The van der Waals surface area contributed by atoms with Gasteiger partial charge in [0, 0.05) is 11.5 Å². The molecule has 6 nitrogen and oxygen atoms in total. The molecule has 2 N–H and O–H groups in total. The highest BCUT2D eigenvalue weighted by Gasteiger charge is 2.32. The van der Waals surface area contributed by atoms with Gasteiger partial charge in [0.05, 0.1) is 34.4 Å². The number of carboxylic acids is 1. The van der Waals surface area contributed by atoms with Crippen molar-refractivity contribution in [2.45, 2.75) is 42.8 Å².